The number of H-pyrrole nitrogens is 1. The number of fused-ring (bicyclic) bond motifs is 2. The molecule has 0 amide bonds. The second kappa shape index (κ2) is 30.6. The zero-order valence-corrected chi connectivity index (χ0v) is 58.8. The number of pyridine rings is 4. The third kappa shape index (κ3) is 16.5. The Labute approximate surface area is 582 Å². The molecule has 1 N–H and O–H groups in total. The van der Waals surface area contributed by atoms with E-state index in [-0.39, 0.29) is 10.1 Å². The standard InChI is InChI=1S/C37H32ClN5O4S.C31H27ClN4O2.C6H6BrNO2S/c1-24-16-34-30(17-33(24)39-2)32(23-43(34)27-10-15-36(41-18-27)48(5,44)45)31-19-40-20-35(37(31)38)42(21-25-6-11-28(46-3)12-7-25)22-26-8-13-29(47-4)14-9-26;1-20-13-29-25(14-28(20)33-2)26(16-35-29)27-15-34-17-30(31(27)32)36(18-21-5-9-23(37-3)10-6-21)19-22-7-11-24(38-4)12-8-22;1-11(9,10)6-3-2-5(7)4-8-6/h6-20,23H,21-22H2,1,3-5H3;5-17,35H,18-19H2,1,3-4H3;2-4H,1H3. The van der Waals surface area contributed by atoms with E-state index in [9.17, 15) is 16.8 Å². The van der Waals surface area contributed by atoms with Gasteiger partial charge in [0.05, 0.1) is 92.8 Å². The fraction of sp³-hybridized carbons (Fsp3) is 0.162. The Kier molecular flexibility index (Phi) is 22.0. The molecule has 0 bridgehead atoms. The van der Waals surface area contributed by atoms with Gasteiger partial charge < -0.3 is 38.3 Å². The molecule has 6 aromatic heterocycles. The highest BCUT2D eigenvalue weighted by molar-refractivity contribution is 9.10. The molecule has 0 unspecified atom stereocenters. The van der Waals surface area contributed by atoms with Gasteiger partial charge in [0, 0.05) is 102 Å². The molecule has 0 radical (unpaired) electrons. The molecule has 0 saturated carbocycles. The van der Waals surface area contributed by atoms with Crippen molar-refractivity contribution in [2.24, 2.45) is 0 Å². The lowest BCUT2D eigenvalue weighted by Gasteiger charge is -2.27. The predicted molar refractivity (Wildman–Crippen MR) is 388 cm³/mol. The number of aromatic amines is 1. The minimum absolute atomic E-state index is 0.0110. The van der Waals surface area contributed by atoms with Crippen LogP contribution in [0.1, 0.15) is 33.4 Å². The molecule has 0 aliphatic heterocycles. The van der Waals surface area contributed by atoms with E-state index in [0.29, 0.717) is 58.8 Å². The van der Waals surface area contributed by atoms with Gasteiger partial charge in [-0.05, 0) is 171 Å². The fourth-order valence-electron chi connectivity index (χ4n) is 10.8. The van der Waals surface area contributed by atoms with Crippen LogP contribution in [0.25, 0.3) is 59.4 Å². The van der Waals surface area contributed by atoms with Gasteiger partial charge >= 0.3 is 0 Å². The van der Waals surface area contributed by atoms with Gasteiger partial charge in [0.15, 0.2) is 41.1 Å². The molecule has 6 aromatic carbocycles. The van der Waals surface area contributed by atoms with Gasteiger partial charge in [0.25, 0.3) is 0 Å². The zero-order valence-electron chi connectivity index (χ0n) is 54.0. The van der Waals surface area contributed by atoms with Crippen molar-refractivity contribution in [1.82, 2.24) is 29.5 Å². The van der Waals surface area contributed by atoms with Crippen LogP contribution < -0.4 is 28.7 Å². The van der Waals surface area contributed by atoms with Crippen LogP contribution in [0.5, 0.6) is 23.0 Å². The number of nitrogens with one attached hydrogen (secondary N) is 1. The maximum atomic E-state index is 12.1. The molecular weight excluding hydrogens is 1370 g/mol. The summed E-state index contributed by atoms with van der Waals surface area (Å²) in [5, 5.41) is 2.94. The van der Waals surface area contributed by atoms with Gasteiger partial charge in [-0.25, -0.2) is 36.5 Å². The van der Waals surface area contributed by atoms with E-state index >= 15 is 0 Å². The number of aryl methyl sites for hydroxylation is 2. The molecule has 23 heteroatoms. The smallest absolute Gasteiger partial charge is 0.192 e. The minimum Gasteiger partial charge on any atom is -0.497 e. The lowest BCUT2D eigenvalue weighted by atomic mass is 10.0. The molecule has 6 heterocycles. The Morgan fingerprint density at radius 1 is 0.505 bits per heavy atom. The molecule has 12 rings (SSSR count). The molecule has 97 heavy (non-hydrogen) atoms. The number of nitrogens with zero attached hydrogens (tertiary/aromatic N) is 9. The van der Waals surface area contributed by atoms with E-state index in [0.717, 1.165) is 123 Å². The van der Waals surface area contributed by atoms with Crippen LogP contribution in [0, 0.1) is 27.0 Å². The Morgan fingerprint density at radius 2 is 0.907 bits per heavy atom. The SMILES string of the molecule is CS(=O)(=O)c1ccc(Br)cn1.[C-]#[N+]c1cc2c(-c3cncc(N(Cc4ccc(OC)cc4)Cc4ccc(OC)cc4)c3Cl)c[nH]c2cc1C.[C-]#[N+]c1cc2c(-c3cncc(N(Cc4ccc(OC)cc4)Cc4ccc(OC)cc4)c3Cl)cn(-c3ccc(S(C)(=O)=O)nc3)c2cc1C. The molecule has 492 valence electrons. The molecule has 0 aliphatic rings. The quantitative estimate of drug-likeness (QED) is 0.0752. The van der Waals surface area contributed by atoms with Crippen LogP contribution in [0.15, 0.2) is 210 Å². The molecular formula is C74H65BrCl2N10O8S2. The van der Waals surface area contributed by atoms with Gasteiger partial charge in [-0.1, -0.05) is 71.7 Å². The summed E-state index contributed by atoms with van der Waals surface area (Å²) in [4.78, 5) is 32.3. The van der Waals surface area contributed by atoms with Crippen LogP contribution in [-0.4, -0.2) is 87.3 Å². The summed E-state index contributed by atoms with van der Waals surface area (Å²) in [6.45, 7) is 21.5. The van der Waals surface area contributed by atoms with Crippen molar-refractivity contribution in [3.63, 3.8) is 0 Å². The maximum Gasteiger partial charge on any atom is 0.192 e. The number of sulfone groups is 2. The molecule has 18 nitrogen and oxygen atoms in total. The van der Waals surface area contributed by atoms with Gasteiger partial charge in [-0.2, -0.15) is 0 Å². The summed E-state index contributed by atoms with van der Waals surface area (Å²) in [6.07, 6.45) is 16.2. The predicted octanol–water partition coefficient (Wildman–Crippen LogP) is 17.4. The van der Waals surface area contributed by atoms with Crippen molar-refractivity contribution in [2.45, 2.75) is 50.1 Å². The van der Waals surface area contributed by atoms with E-state index in [1.54, 1.807) is 59.2 Å². The zero-order chi connectivity index (χ0) is 69.1. The average Bonchev–Trinajstić information content (AvgIpc) is 1.64. The maximum absolute atomic E-state index is 12.1. The number of halogens is 3. The van der Waals surface area contributed by atoms with Crippen molar-refractivity contribution < 1.29 is 35.8 Å². The van der Waals surface area contributed by atoms with E-state index < -0.39 is 19.7 Å². The highest BCUT2D eigenvalue weighted by atomic mass is 79.9. The molecule has 0 spiro atoms. The number of rotatable bonds is 19. The Balaban J connectivity index is 0.000000185. The van der Waals surface area contributed by atoms with Crippen LogP contribution in [0.2, 0.25) is 10.0 Å². The van der Waals surface area contributed by atoms with Gasteiger partial charge in [-0.15, -0.1) is 0 Å². The largest absolute Gasteiger partial charge is 0.497 e. The fourth-order valence-corrected chi connectivity index (χ4v) is 12.8. The van der Waals surface area contributed by atoms with Crippen molar-refractivity contribution in [3.8, 4) is 50.9 Å². The number of methoxy groups -OCH3 is 4. The first-order valence-corrected chi connectivity index (χ1v) is 35.2. The van der Waals surface area contributed by atoms with Gasteiger partial charge in [0.2, 0.25) is 0 Å². The number of hydrogen-bond acceptors (Lipinski definition) is 14. The summed E-state index contributed by atoms with van der Waals surface area (Å²) in [7, 11) is -0.0107. The number of aromatic nitrogens is 6. The Bertz CT molecular complexity index is 5030. The highest BCUT2D eigenvalue weighted by Gasteiger charge is 2.23. The van der Waals surface area contributed by atoms with Crippen molar-refractivity contribution in [1.29, 1.82) is 0 Å². The van der Waals surface area contributed by atoms with E-state index in [1.165, 1.54) is 24.5 Å². The number of hydrogen-bond donors (Lipinski definition) is 1. The normalized spacial score (nSPS) is 11.1. The summed E-state index contributed by atoms with van der Waals surface area (Å²) in [5.74, 6) is 3.17. The monoisotopic (exact) mass is 1430 g/mol. The summed E-state index contributed by atoms with van der Waals surface area (Å²) in [6, 6.07) is 45.9. The van der Waals surface area contributed by atoms with Crippen LogP contribution in [0.4, 0.5) is 22.7 Å². The van der Waals surface area contributed by atoms with Gasteiger partial charge in [0.1, 0.15) is 23.0 Å². The van der Waals surface area contributed by atoms with Crippen LogP contribution in [-0.2, 0) is 45.9 Å². The van der Waals surface area contributed by atoms with Crippen molar-refractivity contribution in [2.75, 3.05) is 50.8 Å². The minimum atomic E-state index is -3.47. The van der Waals surface area contributed by atoms with E-state index in [1.807, 2.05) is 134 Å². The Hall–Kier alpha value is -10.3. The van der Waals surface area contributed by atoms with E-state index in [4.69, 9.17) is 55.3 Å². The van der Waals surface area contributed by atoms with E-state index in [2.05, 4.69) is 84.6 Å². The molecule has 0 fully saturated rings. The first-order valence-electron chi connectivity index (χ1n) is 29.9. The van der Waals surface area contributed by atoms with Crippen LogP contribution in [0.3, 0.4) is 0 Å². The molecule has 0 aliphatic carbocycles. The topological polar surface area (TPSA) is 193 Å². The van der Waals surface area contributed by atoms with Crippen molar-refractivity contribution in [3.05, 3.63) is 266 Å². The summed E-state index contributed by atoms with van der Waals surface area (Å²) < 4.78 is 70.0. The molecule has 0 atom stereocenters. The van der Waals surface area contributed by atoms with Gasteiger partial charge in [-0.3, -0.25) is 9.97 Å². The highest BCUT2D eigenvalue weighted by Crippen LogP contribution is 2.44. The average molecular weight is 1440 g/mol. The third-order valence-corrected chi connectivity index (χ3v) is 19.2. The number of benzene rings is 6. The number of ether oxygens (including phenoxy) is 4. The molecule has 0 saturated heterocycles. The summed E-state index contributed by atoms with van der Waals surface area (Å²) >= 11 is 17.6. The van der Waals surface area contributed by atoms with Crippen LogP contribution >= 0.6 is 39.1 Å². The molecule has 12 aromatic rings. The second-order valence-electron chi connectivity index (χ2n) is 22.5. The second-order valence-corrected chi connectivity index (χ2v) is 28.1. The lowest BCUT2D eigenvalue weighted by Crippen LogP contribution is -2.22. The third-order valence-electron chi connectivity index (χ3n) is 15.9. The summed E-state index contributed by atoms with van der Waals surface area (Å²) in [5.41, 5.74) is 14.4. The first-order chi connectivity index (χ1) is 46.6. The first kappa shape index (κ1) is 69.6. The number of anilines is 2. The van der Waals surface area contributed by atoms with Crippen molar-refractivity contribution >= 4 is 103 Å². The Morgan fingerprint density at radius 3 is 1.29 bits per heavy atom. The lowest BCUT2D eigenvalue weighted by molar-refractivity contribution is 0.414.